The van der Waals surface area contributed by atoms with E-state index in [4.69, 9.17) is 11.6 Å². The number of hydrogen-bond acceptors (Lipinski definition) is 2. The third kappa shape index (κ3) is 3.88. The van der Waals surface area contributed by atoms with E-state index in [-0.39, 0.29) is 22.9 Å². The average molecular weight is 347 g/mol. The summed E-state index contributed by atoms with van der Waals surface area (Å²) in [5.41, 5.74) is 2.08. The number of hydrogen-bond donors (Lipinski definition) is 1. The van der Waals surface area contributed by atoms with E-state index in [1.54, 1.807) is 6.07 Å². The van der Waals surface area contributed by atoms with Crippen molar-refractivity contribution in [2.45, 2.75) is 19.8 Å². The van der Waals surface area contributed by atoms with Gasteiger partial charge in [0.05, 0.1) is 6.42 Å². The van der Waals surface area contributed by atoms with Crippen LogP contribution in [0.3, 0.4) is 0 Å². The standard InChI is InChI=1S/C19H20ClFN2O/c1-13-9-10-23(12-13)15-7-5-14(6-8-15)22-19(24)11-16-17(20)3-2-4-18(16)21/h2-8,13H,9-12H2,1H3,(H,22,24). The lowest BCUT2D eigenvalue weighted by molar-refractivity contribution is -0.115. The molecule has 5 heteroatoms. The van der Waals surface area contributed by atoms with Crippen LogP contribution in [0.5, 0.6) is 0 Å². The number of benzene rings is 2. The molecule has 0 radical (unpaired) electrons. The van der Waals surface area contributed by atoms with Crippen molar-refractivity contribution in [1.82, 2.24) is 0 Å². The molecule has 1 aliphatic rings. The molecule has 0 bridgehead atoms. The fraction of sp³-hybridized carbons (Fsp3) is 0.316. The van der Waals surface area contributed by atoms with Gasteiger partial charge in [-0.1, -0.05) is 24.6 Å². The molecule has 1 heterocycles. The van der Waals surface area contributed by atoms with Crippen molar-refractivity contribution >= 4 is 28.9 Å². The van der Waals surface area contributed by atoms with Gasteiger partial charge in [-0.2, -0.15) is 0 Å². The maximum Gasteiger partial charge on any atom is 0.228 e. The zero-order valence-electron chi connectivity index (χ0n) is 13.6. The molecule has 0 spiro atoms. The van der Waals surface area contributed by atoms with Gasteiger partial charge in [-0.3, -0.25) is 4.79 Å². The molecule has 1 fully saturated rings. The predicted molar refractivity (Wildman–Crippen MR) is 96.2 cm³/mol. The minimum Gasteiger partial charge on any atom is -0.371 e. The fourth-order valence-electron chi connectivity index (χ4n) is 2.99. The fourth-order valence-corrected chi connectivity index (χ4v) is 3.22. The molecule has 3 nitrogen and oxygen atoms in total. The highest BCUT2D eigenvalue weighted by molar-refractivity contribution is 6.31. The number of anilines is 2. The Balaban J connectivity index is 1.62. The van der Waals surface area contributed by atoms with Crippen molar-refractivity contribution < 1.29 is 9.18 Å². The van der Waals surface area contributed by atoms with Gasteiger partial charge >= 0.3 is 0 Å². The first-order valence-electron chi connectivity index (χ1n) is 8.10. The number of nitrogens with zero attached hydrogens (tertiary/aromatic N) is 1. The Morgan fingerprint density at radius 3 is 2.67 bits per heavy atom. The molecule has 1 N–H and O–H groups in total. The van der Waals surface area contributed by atoms with E-state index >= 15 is 0 Å². The Kier molecular flexibility index (Phi) is 5.05. The zero-order chi connectivity index (χ0) is 17.1. The molecule has 1 saturated heterocycles. The minimum atomic E-state index is -0.462. The normalized spacial score (nSPS) is 17.1. The number of carbonyl (C=O) groups excluding carboxylic acids is 1. The smallest absolute Gasteiger partial charge is 0.228 e. The van der Waals surface area contributed by atoms with Crippen LogP contribution >= 0.6 is 11.6 Å². The summed E-state index contributed by atoms with van der Waals surface area (Å²) in [4.78, 5) is 14.5. The maximum atomic E-state index is 13.7. The monoisotopic (exact) mass is 346 g/mol. The third-order valence-corrected chi connectivity index (χ3v) is 4.69. The van der Waals surface area contributed by atoms with Crippen LogP contribution in [-0.4, -0.2) is 19.0 Å². The summed E-state index contributed by atoms with van der Waals surface area (Å²) < 4.78 is 13.7. The number of rotatable bonds is 4. The van der Waals surface area contributed by atoms with Crippen LogP contribution < -0.4 is 10.2 Å². The molecule has 1 unspecified atom stereocenters. The van der Waals surface area contributed by atoms with Crippen molar-refractivity contribution in [3.05, 3.63) is 58.9 Å². The molecule has 0 aliphatic carbocycles. The molecule has 126 valence electrons. The molecule has 24 heavy (non-hydrogen) atoms. The van der Waals surface area contributed by atoms with Crippen LogP contribution in [0.1, 0.15) is 18.9 Å². The largest absolute Gasteiger partial charge is 0.371 e. The van der Waals surface area contributed by atoms with Crippen molar-refractivity contribution in [2.24, 2.45) is 5.92 Å². The van der Waals surface area contributed by atoms with Gasteiger partial charge in [0, 0.05) is 35.1 Å². The lowest BCUT2D eigenvalue weighted by atomic mass is 10.1. The van der Waals surface area contributed by atoms with E-state index in [1.807, 2.05) is 24.3 Å². The predicted octanol–water partition coefficient (Wildman–Crippen LogP) is 4.51. The third-order valence-electron chi connectivity index (χ3n) is 4.34. The van der Waals surface area contributed by atoms with Gasteiger partial charge in [0.2, 0.25) is 5.91 Å². The van der Waals surface area contributed by atoms with E-state index in [0.717, 1.165) is 24.7 Å². The summed E-state index contributed by atoms with van der Waals surface area (Å²) in [5.74, 6) is -0.0319. The van der Waals surface area contributed by atoms with Gasteiger partial charge in [-0.25, -0.2) is 4.39 Å². The number of halogens is 2. The molecule has 1 amide bonds. The van der Waals surface area contributed by atoms with Gasteiger partial charge < -0.3 is 10.2 Å². The van der Waals surface area contributed by atoms with Crippen LogP contribution in [0, 0.1) is 11.7 Å². The Labute approximate surface area is 146 Å². The Morgan fingerprint density at radius 1 is 1.29 bits per heavy atom. The SMILES string of the molecule is CC1CCN(c2ccc(NC(=O)Cc3c(F)cccc3Cl)cc2)C1. The number of amides is 1. The van der Waals surface area contributed by atoms with E-state index in [1.165, 1.54) is 18.6 Å². The molecule has 0 aromatic heterocycles. The second-order valence-electron chi connectivity index (χ2n) is 6.31. The summed E-state index contributed by atoms with van der Waals surface area (Å²) in [6.07, 6.45) is 1.12. The maximum absolute atomic E-state index is 13.7. The quantitative estimate of drug-likeness (QED) is 0.883. The summed E-state index contributed by atoms with van der Waals surface area (Å²) in [5, 5.41) is 3.06. The van der Waals surface area contributed by atoms with Crippen LogP contribution in [0.2, 0.25) is 5.02 Å². The number of nitrogens with one attached hydrogen (secondary N) is 1. The average Bonchev–Trinajstić information content (AvgIpc) is 2.98. The van der Waals surface area contributed by atoms with E-state index in [2.05, 4.69) is 17.1 Å². The van der Waals surface area contributed by atoms with Gasteiger partial charge in [0.15, 0.2) is 0 Å². The summed E-state index contributed by atoms with van der Waals surface area (Å²) in [6, 6.07) is 12.2. The first kappa shape index (κ1) is 16.8. The van der Waals surface area contributed by atoms with E-state index in [9.17, 15) is 9.18 Å². The molecular formula is C19H20ClFN2O. The van der Waals surface area contributed by atoms with Gasteiger partial charge in [-0.05, 0) is 48.7 Å². The summed E-state index contributed by atoms with van der Waals surface area (Å²) >= 11 is 5.96. The van der Waals surface area contributed by atoms with Gasteiger partial charge in [-0.15, -0.1) is 0 Å². The Morgan fingerprint density at radius 2 is 2.04 bits per heavy atom. The molecule has 1 aliphatic heterocycles. The number of carbonyl (C=O) groups is 1. The van der Waals surface area contributed by atoms with Crippen molar-refractivity contribution in [2.75, 3.05) is 23.3 Å². The molecule has 2 aromatic rings. The van der Waals surface area contributed by atoms with E-state index < -0.39 is 5.82 Å². The minimum absolute atomic E-state index is 0.0864. The summed E-state index contributed by atoms with van der Waals surface area (Å²) in [6.45, 7) is 4.39. The lowest BCUT2D eigenvalue weighted by Gasteiger charge is -2.18. The van der Waals surface area contributed by atoms with Crippen molar-refractivity contribution in [3.8, 4) is 0 Å². The molecule has 0 saturated carbocycles. The molecule has 3 rings (SSSR count). The van der Waals surface area contributed by atoms with Crippen LogP contribution in [0.25, 0.3) is 0 Å². The second kappa shape index (κ2) is 7.22. The lowest BCUT2D eigenvalue weighted by Crippen LogP contribution is -2.19. The molecule has 1 atom stereocenters. The highest BCUT2D eigenvalue weighted by Crippen LogP contribution is 2.25. The van der Waals surface area contributed by atoms with E-state index in [0.29, 0.717) is 5.69 Å². The zero-order valence-corrected chi connectivity index (χ0v) is 14.3. The van der Waals surface area contributed by atoms with Gasteiger partial charge in [0.1, 0.15) is 5.82 Å². The Hall–Kier alpha value is -2.07. The first-order valence-corrected chi connectivity index (χ1v) is 8.48. The first-order chi connectivity index (χ1) is 11.5. The second-order valence-corrected chi connectivity index (χ2v) is 6.72. The summed E-state index contributed by atoms with van der Waals surface area (Å²) in [7, 11) is 0. The highest BCUT2D eigenvalue weighted by Gasteiger charge is 2.18. The molecule has 2 aromatic carbocycles. The topological polar surface area (TPSA) is 32.3 Å². The molecular weight excluding hydrogens is 327 g/mol. The van der Waals surface area contributed by atoms with Crippen LogP contribution in [0.15, 0.2) is 42.5 Å². The van der Waals surface area contributed by atoms with Gasteiger partial charge in [0.25, 0.3) is 0 Å². The highest BCUT2D eigenvalue weighted by atomic mass is 35.5. The van der Waals surface area contributed by atoms with Crippen LogP contribution in [-0.2, 0) is 11.2 Å². The van der Waals surface area contributed by atoms with Crippen LogP contribution in [0.4, 0.5) is 15.8 Å². The Bertz CT molecular complexity index is 712. The van der Waals surface area contributed by atoms with Crippen molar-refractivity contribution in [3.63, 3.8) is 0 Å². The van der Waals surface area contributed by atoms with Crippen molar-refractivity contribution in [1.29, 1.82) is 0 Å².